The van der Waals surface area contributed by atoms with Crippen molar-refractivity contribution < 1.29 is 9.90 Å². The van der Waals surface area contributed by atoms with Crippen molar-refractivity contribution in [3.63, 3.8) is 0 Å². The molecular formula is C11H14O2S. The highest BCUT2D eigenvalue weighted by molar-refractivity contribution is 8.00. The lowest BCUT2D eigenvalue weighted by atomic mass is 10.1. The molecular weight excluding hydrogens is 196 g/mol. The van der Waals surface area contributed by atoms with Gasteiger partial charge in [0.15, 0.2) is 0 Å². The molecule has 1 atom stereocenters. The van der Waals surface area contributed by atoms with Gasteiger partial charge in [-0.2, -0.15) is 0 Å². The van der Waals surface area contributed by atoms with E-state index in [-0.39, 0.29) is 0 Å². The van der Waals surface area contributed by atoms with Crippen molar-refractivity contribution in [2.45, 2.75) is 24.3 Å². The predicted molar refractivity (Wildman–Crippen MR) is 59.5 cm³/mol. The smallest absolute Gasteiger partial charge is 0.321 e. The van der Waals surface area contributed by atoms with Gasteiger partial charge >= 0.3 is 5.97 Å². The standard InChI is InChI=1S/C11H14O2S/c1-8(2)14-10(11(12)13)9-6-4-3-5-7-9/h3-8,10H,1-2H3,(H,12,13). The Bertz CT molecular complexity index is 295. The summed E-state index contributed by atoms with van der Waals surface area (Å²) in [6.45, 7) is 4.01. The molecule has 0 aliphatic rings. The zero-order valence-corrected chi connectivity index (χ0v) is 9.12. The molecule has 0 bridgehead atoms. The molecule has 0 spiro atoms. The van der Waals surface area contributed by atoms with Crippen LogP contribution in [-0.4, -0.2) is 16.3 Å². The highest BCUT2D eigenvalue weighted by Crippen LogP contribution is 2.31. The lowest BCUT2D eigenvalue weighted by Gasteiger charge is -2.14. The van der Waals surface area contributed by atoms with E-state index in [1.165, 1.54) is 11.8 Å². The molecule has 1 rings (SSSR count). The Morgan fingerprint density at radius 3 is 2.29 bits per heavy atom. The number of hydrogen-bond donors (Lipinski definition) is 1. The fourth-order valence-corrected chi connectivity index (χ4v) is 2.15. The first kappa shape index (κ1) is 11.1. The third-order valence-corrected chi connectivity index (χ3v) is 3.03. The third-order valence-electron chi connectivity index (χ3n) is 1.73. The SMILES string of the molecule is CC(C)SC(C(=O)O)c1ccccc1. The highest BCUT2D eigenvalue weighted by atomic mass is 32.2. The van der Waals surface area contributed by atoms with Crippen molar-refractivity contribution in [3.05, 3.63) is 35.9 Å². The first-order valence-corrected chi connectivity index (χ1v) is 5.48. The molecule has 0 heterocycles. The number of rotatable bonds is 4. The van der Waals surface area contributed by atoms with Gasteiger partial charge in [-0.3, -0.25) is 4.79 Å². The monoisotopic (exact) mass is 210 g/mol. The van der Waals surface area contributed by atoms with E-state index in [4.69, 9.17) is 5.11 Å². The number of benzene rings is 1. The van der Waals surface area contributed by atoms with Crippen LogP contribution in [-0.2, 0) is 4.79 Å². The minimum atomic E-state index is -0.769. The van der Waals surface area contributed by atoms with Gasteiger partial charge in [0, 0.05) is 5.25 Å². The molecule has 0 saturated heterocycles. The van der Waals surface area contributed by atoms with Crippen LogP contribution in [0.1, 0.15) is 24.7 Å². The summed E-state index contributed by atoms with van der Waals surface area (Å²) in [4.78, 5) is 11.0. The summed E-state index contributed by atoms with van der Waals surface area (Å²) in [7, 11) is 0. The van der Waals surface area contributed by atoms with E-state index in [0.29, 0.717) is 5.25 Å². The highest BCUT2D eigenvalue weighted by Gasteiger charge is 2.20. The van der Waals surface area contributed by atoms with Gasteiger partial charge in [0.05, 0.1) is 0 Å². The zero-order valence-electron chi connectivity index (χ0n) is 8.31. The molecule has 1 aromatic carbocycles. The summed E-state index contributed by atoms with van der Waals surface area (Å²) in [5.74, 6) is -0.769. The Kier molecular flexibility index (Phi) is 4.01. The van der Waals surface area contributed by atoms with Gasteiger partial charge in [-0.05, 0) is 5.56 Å². The molecule has 14 heavy (non-hydrogen) atoms. The second-order valence-corrected chi connectivity index (χ2v) is 5.00. The molecule has 1 N–H and O–H groups in total. The molecule has 0 aliphatic heterocycles. The molecule has 0 radical (unpaired) electrons. The van der Waals surface area contributed by atoms with Gasteiger partial charge < -0.3 is 5.11 Å². The van der Waals surface area contributed by atoms with Gasteiger partial charge in [-0.15, -0.1) is 11.8 Å². The van der Waals surface area contributed by atoms with E-state index < -0.39 is 11.2 Å². The Morgan fingerprint density at radius 1 is 1.29 bits per heavy atom. The molecule has 3 heteroatoms. The van der Waals surface area contributed by atoms with Crippen molar-refractivity contribution in [1.82, 2.24) is 0 Å². The summed E-state index contributed by atoms with van der Waals surface area (Å²) in [5, 5.41) is 8.92. The minimum absolute atomic E-state index is 0.316. The fraction of sp³-hybridized carbons (Fsp3) is 0.364. The van der Waals surface area contributed by atoms with E-state index in [0.717, 1.165) is 5.56 Å². The van der Waals surface area contributed by atoms with Crippen LogP contribution >= 0.6 is 11.8 Å². The van der Waals surface area contributed by atoms with E-state index in [2.05, 4.69) is 0 Å². The molecule has 0 fully saturated rings. The van der Waals surface area contributed by atoms with Crippen LogP contribution in [0, 0.1) is 0 Å². The van der Waals surface area contributed by atoms with Crippen molar-refractivity contribution in [2.75, 3.05) is 0 Å². The fourth-order valence-electron chi connectivity index (χ4n) is 1.18. The van der Waals surface area contributed by atoms with Crippen LogP contribution in [0.5, 0.6) is 0 Å². The van der Waals surface area contributed by atoms with Gasteiger partial charge in [-0.1, -0.05) is 44.2 Å². The van der Waals surface area contributed by atoms with Gasteiger partial charge in [0.2, 0.25) is 0 Å². The number of hydrogen-bond acceptors (Lipinski definition) is 2. The number of carboxylic acids is 1. The largest absolute Gasteiger partial charge is 0.480 e. The maximum absolute atomic E-state index is 11.0. The van der Waals surface area contributed by atoms with Gasteiger partial charge in [0.25, 0.3) is 0 Å². The normalized spacial score (nSPS) is 12.8. The molecule has 0 saturated carbocycles. The number of carboxylic acid groups (broad SMARTS) is 1. The molecule has 76 valence electrons. The topological polar surface area (TPSA) is 37.3 Å². The second-order valence-electron chi connectivity index (χ2n) is 3.31. The third kappa shape index (κ3) is 3.07. The summed E-state index contributed by atoms with van der Waals surface area (Å²) in [6, 6.07) is 9.34. The average Bonchev–Trinajstić information content (AvgIpc) is 2.15. The van der Waals surface area contributed by atoms with E-state index in [1.807, 2.05) is 44.2 Å². The molecule has 2 nitrogen and oxygen atoms in total. The molecule has 1 unspecified atom stereocenters. The predicted octanol–water partition coefficient (Wildman–Crippen LogP) is 2.95. The maximum atomic E-state index is 11.0. The molecule has 1 aromatic rings. The summed E-state index contributed by atoms with van der Waals surface area (Å²) in [5.41, 5.74) is 0.860. The van der Waals surface area contributed by atoms with Crippen LogP contribution in [0.25, 0.3) is 0 Å². The zero-order chi connectivity index (χ0) is 10.6. The minimum Gasteiger partial charge on any atom is -0.480 e. The van der Waals surface area contributed by atoms with Crippen molar-refractivity contribution in [2.24, 2.45) is 0 Å². The van der Waals surface area contributed by atoms with Crippen LogP contribution in [0.2, 0.25) is 0 Å². The van der Waals surface area contributed by atoms with Gasteiger partial charge in [0.1, 0.15) is 5.25 Å². The Balaban J connectivity index is 2.84. The van der Waals surface area contributed by atoms with E-state index in [1.54, 1.807) is 0 Å². The van der Waals surface area contributed by atoms with Crippen molar-refractivity contribution in [3.8, 4) is 0 Å². The van der Waals surface area contributed by atoms with E-state index in [9.17, 15) is 4.79 Å². The summed E-state index contributed by atoms with van der Waals surface area (Å²) < 4.78 is 0. The maximum Gasteiger partial charge on any atom is 0.321 e. The van der Waals surface area contributed by atoms with Crippen molar-refractivity contribution in [1.29, 1.82) is 0 Å². The number of carbonyl (C=O) groups is 1. The lowest BCUT2D eigenvalue weighted by molar-refractivity contribution is -0.136. The Labute approximate surface area is 88.3 Å². The van der Waals surface area contributed by atoms with Gasteiger partial charge in [-0.25, -0.2) is 0 Å². The second kappa shape index (κ2) is 5.05. The summed E-state index contributed by atoms with van der Waals surface area (Å²) in [6.07, 6.45) is 0. The lowest BCUT2D eigenvalue weighted by Crippen LogP contribution is -2.10. The first-order chi connectivity index (χ1) is 6.61. The average molecular weight is 210 g/mol. The Morgan fingerprint density at radius 2 is 1.86 bits per heavy atom. The first-order valence-electron chi connectivity index (χ1n) is 4.54. The number of aliphatic carboxylic acids is 1. The van der Waals surface area contributed by atoms with E-state index >= 15 is 0 Å². The number of thioether (sulfide) groups is 1. The Hall–Kier alpha value is -0.960. The molecule has 0 aliphatic carbocycles. The summed E-state index contributed by atoms with van der Waals surface area (Å²) >= 11 is 1.46. The van der Waals surface area contributed by atoms with Crippen LogP contribution in [0.4, 0.5) is 0 Å². The van der Waals surface area contributed by atoms with Crippen LogP contribution in [0.3, 0.4) is 0 Å². The van der Waals surface area contributed by atoms with Crippen molar-refractivity contribution >= 4 is 17.7 Å². The quantitative estimate of drug-likeness (QED) is 0.830. The van der Waals surface area contributed by atoms with Crippen LogP contribution in [0.15, 0.2) is 30.3 Å². The molecule has 0 amide bonds. The molecule has 0 aromatic heterocycles. The van der Waals surface area contributed by atoms with Crippen LogP contribution < -0.4 is 0 Å².